The van der Waals surface area contributed by atoms with Crippen LogP contribution in [0, 0.1) is 0 Å². The molecule has 0 amide bonds. The van der Waals surface area contributed by atoms with Crippen molar-refractivity contribution in [3.8, 4) is 0 Å². The lowest BCUT2D eigenvalue weighted by Gasteiger charge is -2.15. The number of carbonyl (C=O) groups is 1. The van der Waals surface area contributed by atoms with Gasteiger partial charge >= 0.3 is 5.97 Å². The molecule has 6 heteroatoms. The van der Waals surface area contributed by atoms with Crippen molar-refractivity contribution < 1.29 is 23.4 Å². The van der Waals surface area contributed by atoms with Crippen molar-refractivity contribution in [2.45, 2.75) is 38.2 Å². The highest BCUT2D eigenvalue weighted by Gasteiger charge is 2.18. The molecule has 0 heterocycles. The van der Waals surface area contributed by atoms with Crippen LogP contribution in [-0.4, -0.2) is 25.9 Å². The average molecular weight is 298 g/mol. The number of ether oxygens (including phenoxy) is 1. The first kappa shape index (κ1) is 16.4. The normalized spacial score (nSPS) is 13.8. The van der Waals surface area contributed by atoms with Crippen molar-refractivity contribution >= 4 is 22.6 Å². The van der Waals surface area contributed by atoms with Crippen molar-refractivity contribution in [1.29, 1.82) is 0 Å². The Morgan fingerprint density at radius 3 is 2.20 bits per heavy atom. The summed E-state index contributed by atoms with van der Waals surface area (Å²) in [6.45, 7) is 5.35. The first-order valence-corrected chi connectivity index (χ1v) is 7.31. The van der Waals surface area contributed by atoms with E-state index in [2.05, 4.69) is 0 Å². The van der Waals surface area contributed by atoms with Gasteiger partial charge in [0, 0.05) is 5.57 Å². The SMILES string of the molecule is CC/C(=C(/OC(C)C)C(=O)O)c1ccc(S(=O)O)cc1. The van der Waals surface area contributed by atoms with Gasteiger partial charge in [0.25, 0.3) is 0 Å². The van der Waals surface area contributed by atoms with Gasteiger partial charge in [0.05, 0.1) is 11.0 Å². The highest BCUT2D eigenvalue weighted by atomic mass is 32.2. The van der Waals surface area contributed by atoms with Gasteiger partial charge < -0.3 is 14.4 Å². The van der Waals surface area contributed by atoms with Crippen LogP contribution in [0.3, 0.4) is 0 Å². The van der Waals surface area contributed by atoms with Gasteiger partial charge in [-0.2, -0.15) is 0 Å². The number of hydrogen-bond acceptors (Lipinski definition) is 3. The number of allylic oxidation sites excluding steroid dienone is 1. The van der Waals surface area contributed by atoms with E-state index in [1.165, 1.54) is 12.1 Å². The number of carboxylic acids is 1. The number of rotatable bonds is 6. The van der Waals surface area contributed by atoms with Crippen LogP contribution in [0.25, 0.3) is 5.57 Å². The Labute approximate surface area is 120 Å². The Hall–Kier alpha value is -1.66. The summed E-state index contributed by atoms with van der Waals surface area (Å²) in [5.41, 5.74) is 1.22. The van der Waals surface area contributed by atoms with Gasteiger partial charge in [0.15, 0.2) is 11.1 Å². The van der Waals surface area contributed by atoms with E-state index in [4.69, 9.17) is 9.29 Å². The minimum absolute atomic E-state index is 0.0830. The molecule has 20 heavy (non-hydrogen) atoms. The van der Waals surface area contributed by atoms with Crippen molar-refractivity contribution in [3.05, 3.63) is 35.6 Å². The zero-order chi connectivity index (χ0) is 15.3. The molecule has 1 aromatic rings. The largest absolute Gasteiger partial charge is 0.484 e. The van der Waals surface area contributed by atoms with Crippen LogP contribution in [0.5, 0.6) is 0 Å². The summed E-state index contributed by atoms with van der Waals surface area (Å²) in [5.74, 6) is -1.20. The average Bonchev–Trinajstić information content (AvgIpc) is 2.38. The fourth-order valence-corrected chi connectivity index (χ4v) is 2.12. The predicted molar refractivity (Wildman–Crippen MR) is 76.5 cm³/mol. The second-order valence-electron chi connectivity index (χ2n) is 4.41. The van der Waals surface area contributed by atoms with Gasteiger partial charge in [0.1, 0.15) is 0 Å². The van der Waals surface area contributed by atoms with Crippen LogP contribution in [-0.2, 0) is 20.6 Å². The quantitative estimate of drug-likeness (QED) is 0.479. The third-order valence-electron chi connectivity index (χ3n) is 2.58. The smallest absolute Gasteiger partial charge is 0.371 e. The first-order chi connectivity index (χ1) is 9.36. The third kappa shape index (κ3) is 4.18. The van der Waals surface area contributed by atoms with Crippen molar-refractivity contribution in [3.63, 3.8) is 0 Å². The summed E-state index contributed by atoms with van der Waals surface area (Å²) in [7, 11) is 0. The van der Waals surface area contributed by atoms with E-state index in [1.54, 1.807) is 26.0 Å². The maximum absolute atomic E-state index is 11.3. The van der Waals surface area contributed by atoms with Crippen molar-refractivity contribution in [1.82, 2.24) is 0 Å². The molecule has 110 valence electrons. The molecule has 0 radical (unpaired) electrons. The Morgan fingerprint density at radius 2 is 1.85 bits per heavy atom. The number of carboxylic acid groups (broad SMARTS) is 1. The fourth-order valence-electron chi connectivity index (χ4n) is 1.75. The van der Waals surface area contributed by atoms with Gasteiger partial charge in [-0.15, -0.1) is 0 Å². The summed E-state index contributed by atoms with van der Waals surface area (Å²) in [6, 6.07) is 6.23. The fraction of sp³-hybridized carbons (Fsp3) is 0.357. The molecular weight excluding hydrogens is 280 g/mol. The molecule has 1 rings (SSSR count). The Kier molecular flexibility index (Phi) is 5.91. The molecule has 0 spiro atoms. The van der Waals surface area contributed by atoms with Crippen molar-refractivity contribution in [2.24, 2.45) is 0 Å². The zero-order valence-electron chi connectivity index (χ0n) is 11.6. The lowest BCUT2D eigenvalue weighted by atomic mass is 10.0. The van der Waals surface area contributed by atoms with E-state index < -0.39 is 17.0 Å². The van der Waals surface area contributed by atoms with Crippen LogP contribution < -0.4 is 0 Å². The van der Waals surface area contributed by atoms with Gasteiger partial charge in [-0.1, -0.05) is 19.1 Å². The second kappa shape index (κ2) is 7.21. The minimum atomic E-state index is -2.04. The van der Waals surface area contributed by atoms with E-state index >= 15 is 0 Å². The maximum atomic E-state index is 11.3. The highest BCUT2D eigenvalue weighted by molar-refractivity contribution is 7.79. The predicted octanol–water partition coefficient (Wildman–Crippen LogP) is 2.90. The number of benzene rings is 1. The zero-order valence-corrected chi connectivity index (χ0v) is 12.4. The molecule has 0 bridgehead atoms. The summed E-state index contributed by atoms with van der Waals surface area (Å²) < 4.78 is 25.3. The standard InChI is InChI=1S/C14H18O5S/c1-4-12(13(14(15)16)19-9(2)3)10-5-7-11(8-6-10)20(17)18/h5-9H,4H2,1-3H3,(H,15,16)(H,17,18)/b13-12-. The van der Waals surface area contributed by atoms with Crippen LogP contribution in [0.4, 0.5) is 0 Å². The van der Waals surface area contributed by atoms with Crippen LogP contribution >= 0.6 is 0 Å². The maximum Gasteiger partial charge on any atom is 0.371 e. The summed E-state index contributed by atoms with van der Waals surface area (Å²) in [4.78, 5) is 11.6. The molecule has 1 atom stereocenters. The molecule has 1 aromatic carbocycles. The topological polar surface area (TPSA) is 83.8 Å². The molecule has 0 fully saturated rings. The van der Waals surface area contributed by atoms with E-state index in [0.717, 1.165) is 0 Å². The van der Waals surface area contributed by atoms with Gasteiger partial charge in [-0.25, -0.2) is 9.00 Å². The van der Waals surface area contributed by atoms with Crippen LogP contribution in [0.2, 0.25) is 0 Å². The van der Waals surface area contributed by atoms with Gasteiger partial charge in [0.2, 0.25) is 5.76 Å². The molecule has 1 unspecified atom stereocenters. The monoisotopic (exact) mass is 298 g/mol. The number of hydrogen-bond donors (Lipinski definition) is 2. The molecule has 0 saturated carbocycles. The molecule has 0 saturated heterocycles. The lowest BCUT2D eigenvalue weighted by Crippen LogP contribution is -2.13. The van der Waals surface area contributed by atoms with Crippen molar-refractivity contribution in [2.75, 3.05) is 0 Å². The molecule has 2 N–H and O–H groups in total. The van der Waals surface area contributed by atoms with E-state index in [-0.39, 0.29) is 16.8 Å². The molecule has 0 aliphatic heterocycles. The second-order valence-corrected chi connectivity index (χ2v) is 5.38. The third-order valence-corrected chi connectivity index (χ3v) is 3.26. The van der Waals surface area contributed by atoms with E-state index in [9.17, 15) is 14.1 Å². The molecule has 0 aliphatic carbocycles. The molecule has 0 aliphatic rings. The summed E-state index contributed by atoms with van der Waals surface area (Å²) in [6.07, 6.45) is 0.238. The van der Waals surface area contributed by atoms with Gasteiger partial charge in [-0.3, -0.25) is 0 Å². The molecule has 0 aromatic heterocycles. The Balaban J connectivity index is 3.27. The van der Waals surface area contributed by atoms with Gasteiger partial charge in [-0.05, 0) is 38.0 Å². The van der Waals surface area contributed by atoms with Crippen LogP contribution in [0.15, 0.2) is 34.9 Å². The molecule has 5 nitrogen and oxygen atoms in total. The molecular formula is C14H18O5S. The number of aliphatic carboxylic acids is 1. The first-order valence-electron chi connectivity index (χ1n) is 6.21. The minimum Gasteiger partial charge on any atom is -0.484 e. The van der Waals surface area contributed by atoms with E-state index in [0.29, 0.717) is 17.6 Å². The Bertz CT molecular complexity index is 531. The lowest BCUT2D eigenvalue weighted by molar-refractivity contribution is -0.137. The van der Waals surface area contributed by atoms with E-state index in [1.807, 2.05) is 6.92 Å². The summed E-state index contributed by atoms with van der Waals surface area (Å²) in [5, 5.41) is 9.26. The van der Waals surface area contributed by atoms with Crippen LogP contribution in [0.1, 0.15) is 32.8 Å². The Morgan fingerprint density at radius 1 is 1.30 bits per heavy atom. The summed E-state index contributed by atoms with van der Waals surface area (Å²) >= 11 is -2.04. The highest BCUT2D eigenvalue weighted by Crippen LogP contribution is 2.25.